The molecule has 4 rings (SSSR count). The topological polar surface area (TPSA) is 72.2 Å². The molecule has 0 amide bonds. The largest absolute Gasteiger partial charge is 0.481 e. The van der Waals surface area contributed by atoms with Crippen LogP contribution in [0.5, 0.6) is 0 Å². The second-order valence-electron chi connectivity index (χ2n) is 10.2. The van der Waals surface area contributed by atoms with Crippen molar-refractivity contribution in [3.05, 3.63) is 52.0 Å². The van der Waals surface area contributed by atoms with Crippen molar-refractivity contribution >= 4 is 34.1 Å². The quantitative estimate of drug-likeness (QED) is 0.313. The van der Waals surface area contributed by atoms with Crippen molar-refractivity contribution in [2.24, 2.45) is 17.8 Å². The van der Waals surface area contributed by atoms with E-state index in [2.05, 4.69) is 29.0 Å². The molecule has 1 aliphatic carbocycles. The van der Waals surface area contributed by atoms with Gasteiger partial charge in [0.25, 0.3) is 0 Å². The Hall–Kier alpha value is -2.47. The second kappa shape index (κ2) is 10.9. The standard InChI is InChI=1S/C28H36N2O3S/c1-4-19-8-5-6-10-24(19)30-25-12-11-20(26(31)16-21(28(32)33)14-18(2)3)15-23(25)29-27(30)17-22-9-7-13-34-22/h7,9,11-13,15,18-19,21,24H,4-6,8,10,14,16-17H2,1-3H3,(H,32,33)/t19?,21-,24?/m1/s1. The minimum absolute atomic E-state index is 0.0301. The van der Waals surface area contributed by atoms with Gasteiger partial charge in [-0.15, -0.1) is 11.3 Å². The highest BCUT2D eigenvalue weighted by molar-refractivity contribution is 7.09. The summed E-state index contributed by atoms with van der Waals surface area (Å²) in [5.74, 6) is 0.274. The molecular weight excluding hydrogens is 444 g/mol. The Morgan fingerprint density at radius 3 is 2.68 bits per heavy atom. The minimum Gasteiger partial charge on any atom is -0.481 e. The van der Waals surface area contributed by atoms with Crippen molar-refractivity contribution in [2.75, 3.05) is 0 Å². The average Bonchev–Trinajstić information content (AvgIpc) is 3.45. The number of fused-ring (bicyclic) bond motifs is 1. The maximum absolute atomic E-state index is 13.0. The second-order valence-corrected chi connectivity index (χ2v) is 11.2. The summed E-state index contributed by atoms with van der Waals surface area (Å²) in [5, 5.41) is 11.7. The van der Waals surface area contributed by atoms with E-state index >= 15 is 0 Å². The molecule has 2 aromatic heterocycles. The lowest BCUT2D eigenvalue weighted by molar-refractivity contribution is -0.142. The molecule has 1 aromatic carbocycles. The summed E-state index contributed by atoms with van der Waals surface area (Å²) in [5.41, 5.74) is 2.49. The molecule has 0 aliphatic heterocycles. The first-order chi connectivity index (χ1) is 16.4. The molecule has 182 valence electrons. The van der Waals surface area contributed by atoms with E-state index in [0.717, 1.165) is 36.1 Å². The van der Waals surface area contributed by atoms with E-state index in [1.807, 2.05) is 32.0 Å². The molecule has 3 atom stereocenters. The highest BCUT2D eigenvalue weighted by Crippen LogP contribution is 2.39. The number of hydrogen-bond donors (Lipinski definition) is 1. The Balaban J connectivity index is 1.70. The van der Waals surface area contributed by atoms with E-state index in [0.29, 0.717) is 23.9 Å². The number of carboxylic acid groups (broad SMARTS) is 1. The molecule has 2 heterocycles. The molecule has 34 heavy (non-hydrogen) atoms. The van der Waals surface area contributed by atoms with Crippen LogP contribution in [-0.2, 0) is 11.2 Å². The molecule has 1 saturated carbocycles. The molecule has 2 unspecified atom stereocenters. The molecule has 1 fully saturated rings. The van der Waals surface area contributed by atoms with Crippen LogP contribution in [0.25, 0.3) is 11.0 Å². The van der Waals surface area contributed by atoms with E-state index in [-0.39, 0.29) is 18.1 Å². The summed E-state index contributed by atoms with van der Waals surface area (Å²) in [7, 11) is 0. The SMILES string of the molecule is CCC1CCCCC1n1c(Cc2cccs2)nc2cc(C(=O)C[C@@H](CC(C)C)C(=O)O)ccc21. The van der Waals surface area contributed by atoms with Crippen molar-refractivity contribution in [1.82, 2.24) is 9.55 Å². The maximum Gasteiger partial charge on any atom is 0.306 e. The van der Waals surface area contributed by atoms with Gasteiger partial charge in [-0.3, -0.25) is 9.59 Å². The summed E-state index contributed by atoms with van der Waals surface area (Å²) >= 11 is 1.75. The third-order valence-corrected chi connectivity index (χ3v) is 8.14. The van der Waals surface area contributed by atoms with Gasteiger partial charge in [0.15, 0.2) is 5.78 Å². The zero-order chi connectivity index (χ0) is 24.2. The van der Waals surface area contributed by atoms with Gasteiger partial charge in [0.1, 0.15) is 5.82 Å². The molecule has 0 radical (unpaired) electrons. The highest BCUT2D eigenvalue weighted by Gasteiger charge is 2.29. The summed E-state index contributed by atoms with van der Waals surface area (Å²) < 4.78 is 2.45. The van der Waals surface area contributed by atoms with Gasteiger partial charge in [-0.2, -0.15) is 0 Å². The smallest absolute Gasteiger partial charge is 0.306 e. The van der Waals surface area contributed by atoms with Gasteiger partial charge in [0.05, 0.1) is 17.0 Å². The first kappa shape index (κ1) is 24.6. The molecule has 1 N–H and O–H groups in total. The molecular formula is C28H36N2O3S. The number of aliphatic carboxylic acids is 1. The van der Waals surface area contributed by atoms with E-state index < -0.39 is 11.9 Å². The third-order valence-electron chi connectivity index (χ3n) is 7.26. The summed E-state index contributed by atoms with van der Waals surface area (Å²) in [4.78, 5) is 31.0. The Morgan fingerprint density at radius 1 is 1.21 bits per heavy atom. The summed E-state index contributed by atoms with van der Waals surface area (Å²) in [6.45, 7) is 6.26. The number of hydrogen-bond acceptors (Lipinski definition) is 4. The van der Waals surface area contributed by atoms with Crippen LogP contribution in [-0.4, -0.2) is 26.4 Å². The Bertz CT molecular complexity index is 1130. The van der Waals surface area contributed by atoms with Crippen LogP contribution in [0, 0.1) is 17.8 Å². The predicted molar refractivity (Wildman–Crippen MR) is 138 cm³/mol. The number of ketones is 1. The highest BCUT2D eigenvalue weighted by atomic mass is 32.1. The fourth-order valence-electron chi connectivity index (χ4n) is 5.57. The first-order valence-corrected chi connectivity index (χ1v) is 13.5. The van der Waals surface area contributed by atoms with E-state index in [4.69, 9.17) is 4.98 Å². The van der Waals surface area contributed by atoms with Gasteiger partial charge >= 0.3 is 5.97 Å². The van der Waals surface area contributed by atoms with Crippen molar-refractivity contribution in [2.45, 2.75) is 78.2 Å². The van der Waals surface area contributed by atoms with E-state index in [1.165, 1.54) is 24.1 Å². The minimum atomic E-state index is -0.895. The zero-order valence-corrected chi connectivity index (χ0v) is 21.3. The molecule has 3 aromatic rings. The number of nitrogens with zero attached hydrogens (tertiary/aromatic N) is 2. The van der Waals surface area contributed by atoms with Gasteiger partial charge in [-0.05, 0) is 60.7 Å². The van der Waals surface area contributed by atoms with Gasteiger partial charge < -0.3 is 9.67 Å². The number of carboxylic acids is 1. The van der Waals surface area contributed by atoms with Crippen molar-refractivity contribution in [3.63, 3.8) is 0 Å². The predicted octanol–water partition coefficient (Wildman–Crippen LogP) is 7.15. The van der Waals surface area contributed by atoms with Crippen molar-refractivity contribution in [1.29, 1.82) is 0 Å². The number of thiophene rings is 1. The fraction of sp³-hybridized carbons (Fsp3) is 0.536. The molecule has 6 heteroatoms. The fourth-order valence-corrected chi connectivity index (χ4v) is 6.27. The molecule has 0 bridgehead atoms. The van der Waals surface area contributed by atoms with Crippen LogP contribution in [0.4, 0.5) is 0 Å². The summed E-state index contributed by atoms with van der Waals surface area (Å²) in [6, 6.07) is 10.5. The number of benzene rings is 1. The molecule has 0 saturated heterocycles. The van der Waals surface area contributed by atoms with Gasteiger partial charge in [0.2, 0.25) is 0 Å². The monoisotopic (exact) mass is 480 g/mol. The average molecular weight is 481 g/mol. The Labute approximate surface area is 206 Å². The van der Waals surface area contributed by atoms with Gasteiger partial charge in [-0.1, -0.05) is 46.1 Å². The third kappa shape index (κ3) is 5.43. The van der Waals surface area contributed by atoms with E-state index in [9.17, 15) is 14.7 Å². The van der Waals surface area contributed by atoms with Crippen molar-refractivity contribution < 1.29 is 14.7 Å². The lowest BCUT2D eigenvalue weighted by Crippen LogP contribution is -2.24. The number of imidazole rings is 1. The zero-order valence-electron chi connectivity index (χ0n) is 20.5. The van der Waals surface area contributed by atoms with Crippen LogP contribution >= 0.6 is 11.3 Å². The molecule has 5 nitrogen and oxygen atoms in total. The van der Waals surface area contributed by atoms with Gasteiger partial charge in [0, 0.05) is 29.3 Å². The normalized spacial score (nSPS) is 19.5. The van der Waals surface area contributed by atoms with Crippen LogP contribution in [0.1, 0.15) is 92.8 Å². The van der Waals surface area contributed by atoms with Crippen LogP contribution in [0.15, 0.2) is 35.7 Å². The van der Waals surface area contributed by atoms with E-state index in [1.54, 1.807) is 11.3 Å². The maximum atomic E-state index is 13.0. The number of rotatable bonds is 10. The molecule has 1 aliphatic rings. The number of carbonyl (C=O) groups is 2. The summed E-state index contributed by atoms with van der Waals surface area (Å²) in [6.07, 6.45) is 7.43. The number of carbonyl (C=O) groups excluding carboxylic acids is 1. The lowest BCUT2D eigenvalue weighted by Gasteiger charge is -2.33. The Kier molecular flexibility index (Phi) is 7.87. The van der Waals surface area contributed by atoms with Crippen molar-refractivity contribution in [3.8, 4) is 0 Å². The number of Topliss-reactive ketones (excluding diaryl/α,β-unsaturated/α-hetero) is 1. The first-order valence-electron chi connectivity index (χ1n) is 12.7. The lowest BCUT2D eigenvalue weighted by atomic mass is 9.82. The molecule has 0 spiro atoms. The van der Waals surface area contributed by atoms with Crippen LogP contribution in [0.2, 0.25) is 0 Å². The van der Waals surface area contributed by atoms with Gasteiger partial charge in [-0.25, -0.2) is 4.98 Å². The Morgan fingerprint density at radius 2 is 2.00 bits per heavy atom. The number of aromatic nitrogens is 2. The van der Waals surface area contributed by atoms with Crippen LogP contribution < -0.4 is 0 Å². The van der Waals surface area contributed by atoms with Crippen LogP contribution in [0.3, 0.4) is 0 Å².